The minimum Gasteiger partial charge on any atom is -0.493 e. The summed E-state index contributed by atoms with van der Waals surface area (Å²) in [6.07, 6.45) is 10.5. The Hall–Kier alpha value is -0.460. The molecule has 1 aromatic heterocycles. The monoisotopic (exact) mass is 438 g/mol. The van der Waals surface area contributed by atoms with Gasteiger partial charge in [0.1, 0.15) is 11.6 Å². The highest BCUT2D eigenvalue weighted by Crippen LogP contribution is 2.33. The Bertz CT molecular complexity index is 576. The molecular formula is C19H33Cl3N4O. The Morgan fingerprint density at radius 2 is 1.74 bits per heavy atom. The molecular weight excluding hydrogens is 407 g/mol. The predicted octanol–water partition coefficient (Wildman–Crippen LogP) is 3.46. The van der Waals surface area contributed by atoms with Crippen LogP contribution >= 0.6 is 37.2 Å². The number of hydrogen-bond donors (Lipinski definition) is 1. The number of nitrogens with two attached hydrogens (primary N) is 1. The van der Waals surface area contributed by atoms with Gasteiger partial charge in [0.05, 0.1) is 6.61 Å². The van der Waals surface area contributed by atoms with E-state index in [1.165, 1.54) is 37.7 Å². The van der Waals surface area contributed by atoms with Gasteiger partial charge in [-0.2, -0.15) is 0 Å². The molecule has 4 rings (SSSR count). The average Bonchev–Trinajstić information content (AvgIpc) is 3.10. The number of anilines is 1. The van der Waals surface area contributed by atoms with E-state index in [1.54, 1.807) is 0 Å². The quantitative estimate of drug-likeness (QED) is 0.778. The minimum absolute atomic E-state index is 0. The van der Waals surface area contributed by atoms with Gasteiger partial charge in [0, 0.05) is 56.4 Å². The molecule has 27 heavy (non-hydrogen) atoms. The maximum absolute atomic E-state index is 6.60. The van der Waals surface area contributed by atoms with Crippen molar-refractivity contribution in [1.82, 2.24) is 9.88 Å². The first-order valence-corrected chi connectivity index (χ1v) is 9.60. The van der Waals surface area contributed by atoms with Crippen LogP contribution < -0.4 is 15.4 Å². The normalized spacial score (nSPS) is 21.1. The highest BCUT2D eigenvalue weighted by atomic mass is 35.5. The first-order chi connectivity index (χ1) is 11.7. The lowest BCUT2D eigenvalue weighted by Crippen LogP contribution is -2.50. The van der Waals surface area contributed by atoms with Gasteiger partial charge in [-0.05, 0) is 25.3 Å². The van der Waals surface area contributed by atoms with Crippen molar-refractivity contribution in [2.45, 2.75) is 50.5 Å². The van der Waals surface area contributed by atoms with Crippen molar-refractivity contribution in [1.29, 1.82) is 0 Å². The molecule has 5 nitrogen and oxygen atoms in total. The summed E-state index contributed by atoms with van der Waals surface area (Å²) >= 11 is 0. The number of aromatic nitrogens is 1. The average molecular weight is 440 g/mol. The zero-order chi connectivity index (χ0) is 16.4. The Balaban J connectivity index is 0.00000121. The van der Waals surface area contributed by atoms with E-state index < -0.39 is 0 Å². The Labute approximate surface area is 181 Å². The Morgan fingerprint density at radius 3 is 2.44 bits per heavy atom. The maximum atomic E-state index is 6.60. The summed E-state index contributed by atoms with van der Waals surface area (Å²) in [5.74, 6) is 2.18. The molecule has 0 amide bonds. The highest BCUT2D eigenvalue weighted by molar-refractivity contribution is 5.86. The molecule has 8 heteroatoms. The van der Waals surface area contributed by atoms with Crippen molar-refractivity contribution in [3.8, 4) is 5.75 Å². The van der Waals surface area contributed by atoms with Crippen molar-refractivity contribution in [3.05, 3.63) is 17.8 Å². The molecule has 156 valence electrons. The van der Waals surface area contributed by atoms with Crippen LogP contribution in [0, 0.1) is 0 Å². The van der Waals surface area contributed by atoms with Crippen molar-refractivity contribution >= 4 is 43.0 Å². The summed E-state index contributed by atoms with van der Waals surface area (Å²) in [5, 5.41) is 0. The van der Waals surface area contributed by atoms with Crippen molar-refractivity contribution < 1.29 is 4.74 Å². The number of fused-ring (bicyclic) bond motifs is 1. The Morgan fingerprint density at radius 1 is 1.04 bits per heavy atom. The van der Waals surface area contributed by atoms with Gasteiger partial charge in [0.25, 0.3) is 0 Å². The Kier molecular flexibility index (Phi) is 9.93. The molecule has 0 aromatic carbocycles. The molecule has 2 fully saturated rings. The third kappa shape index (κ3) is 5.77. The summed E-state index contributed by atoms with van der Waals surface area (Å²) in [5.41, 5.74) is 8.00. The van der Waals surface area contributed by atoms with Crippen LogP contribution in [0.25, 0.3) is 0 Å². The van der Waals surface area contributed by atoms with Gasteiger partial charge in [0.2, 0.25) is 0 Å². The van der Waals surface area contributed by atoms with E-state index >= 15 is 0 Å². The number of hydrogen-bond acceptors (Lipinski definition) is 5. The topological polar surface area (TPSA) is 54.6 Å². The number of halogens is 3. The fraction of sp³-hybridized carbons (Fsp3) is 0.737. The first kappa shape index (κ1) is 24.6. The van der Waals surface area contributed by atoms with Gasteiger partial charge < -0.3 is 15.4 Å². The molecule has 0 spiro atoms. The summed E-state index contributed by atoms with van der Waals surface area (Å²) in [4.78, 5) is 9.65. The molecule has 0 unspecified atom stereocenters. The van der Waals surface area contributed by atoms with Gasteiger partial charge in [0.15, 0.2) is 0 Å². The summed E-state index contributed by atoms with van der Waals surface area (Å²) in [6.45, 7) is 6.28. The van der Waals surface area contributed by atoms with Crippen LogP contribution in [-0.4, -0.2) is 54.8 Å². The molecule has 1 aromatic rings. The van der Waals surface area contributed by atoms with Crippen LogP contribution in [0.2, 0.25) is 0 Å². The summed E-state index contributed by atoms with van der Waals surface area (Å²) in [6, 6.07) is 1.99. The van der Waals surface area contributed by atoms with E-state index in [2.05, 4.69) is 14.8 Å². The number of nitrogens with zero attached hydrogens (tertiary/aromatic N) is 3. The van der Waals surface area contributed by atoms with E-state index in [4.69, 9.17) is 10.5 Å². The fourth-order valence-electron chi connectivity index (χ4n) is 4.44. The lowest BCUT2D eigenvalue weighted by molar-refractivity contribution is 0.200. The molecule has 2 aliphatic heterocycles. The van der Waals surface area contributed by atoms with E-state index in [1.807, 2.05) is 12.3 Å². The van der Waals surface area contributed by atoms with Crippen LogP contribution in [0.4, 0.5) is 5.82 Å². The zero-order valence-electron chi connectivity index (χ0n) is 15.9. The van der Waals surface area contributed by atoms with Gasteiger partial charge in [-0.25, -0.2) is 4.98 Å². The van der Waals surface area contributed by atoms with Crippen molar-refractivity contribution in [2.75, 3.05) is 44.2 Å². The maximum Gasteiger partial charge on any atom is 0.135 e. The lowest BCUT2D eigenvalue weighted by atomic mass is 9.80. The highest BCUT2D eigenvalue weighted by Gasteiger charge is 2.29. The molecule has 0 bridgehead atoms. The standard InChI is InChI=1S/C19H30N4O.3ClH/c20-19(6-2-1-3-7-19)8-10-22-11-13-23(14-12-22)18-16-5-15-24-17(16)4-9-21-18;;;/h4,9H,1-3,5-8,10-15,20H2;3*1H. The fourth-order valence-corrected chi connectivity index (χ4v) is 4.44. The lowest BCUT2D eigenvalue weighted by Gasteiger charge is -2.39. The smallest absolute Gasteiger partial charge is 0.135 e. The molecule has 1 aliphatic carbocycles. The van der Waals surface area contributed by atoms with E-state index in [0.717, 1.165) is 63.7 Å². The van der Waals surface area contributed by atoms with Crippen LogP contribution in [0.1, 0.15) is 44.1 Å². The zero-order valence-corrected chi connectivity index (χ0v) is 18.3. The number of rotatable bonds is 4. The van der Waals surface area contributed by atoms with Gasteiger partial charge >= 0.3 is 0 Å². The van der Waals surface area contributed by atoms with Crippen LogP contribution in [0.3, 0.4) is 0 Å². The number of piperazine rings is 1. The molecule has 1 saturated carbocycles. The minimum atomic E-state index is 0. The van der Waals surface area contributed by atoms with E-state index in [-0.39, 0.29) is 42.8 Å². The summed E-state index contributed by atoms with van der Waals surface area (Å²) in [7, 11) is 0. The van der Waals surface area contributed by atoms with Gasteiger partial charge in [-0.15, -0.1) is 37.2 Å². The van der Waals surface area contributed by atoms with Crippen molar-refractivity contribution in [3.63, 3.8) is 0 Å². The van der Waals surface area contributed by atoms with Crippen LogP contribution in [0.15, 0.2) is 12.3 Å². The molecule has 3 heterocycles. The third-order valence-corrected chi connectivity index (χ3v) is 6.05. The molecule has 2 N–H and O–H groups in total. The van der Waals surface area contributed by atoms with Crippen LogP contribution in [0.5, 0.6) is 5.75 Å². The van der Waals surface area contributed by atoms with E-state index in [0.29, 0.717) is 0 Å². The van der Waals surface area contributed by atoms with Crippen molar-refractivity contribution in [2.24, 2.45) is 5.73 Å². The van der Waals surface area contributed by atoms with E-state index in [9.17, 15) is 0 Å². The molecule has 0 radical (unpaired) electrons. The largest absolute Gasteiger partial charge is 0.493 e. The molecule has 1 saturated heterocycles. The third-order valence-electron chi connectivity index (χ3n) is 6.05. The van der Waals surface area contributed by atoms with Gasteiger partial charge in [-0.3, -0.25) is 4.90 Å². The second kappa shape index (κ2) is 10.9. The van der Waals surface area contributed by atoms with Crippen LogP contribution in [-0.2, 0) is 6.42 Å². The SMILES string of the molecule is Cl.Cl.Cl.NC1(CCN2CCN(c3nccc4c3CCO4)CC2)CCCCC1. The predicted molar refractivity (Wildman–Crippen MR) is 118 cm³/mol. The second-order valence-corrected chi connectivity index (χ2v) is 7.71. The number of ether oxygens (including phenoxy) is 1. The first-order valence-electron chi connectivity index (χ1n) is 9.60. The molecule has 0 atom stereocenters. The molecule has 3 aliphatic rings. The van der Waals surface area contributed by atoms with Gasteiger partial charge in [-0.1, -0.05) is 19.3 Å². The summed E-state index contributed by atoms with van der Waals surface area (Å²) < 4.78 is 5.68. The second-order valence-electron chi connectivity index (χ2n) is 7.71. The number of pyridine rings is 1.